The first-order chi connectivity index (χ1) is 8.65. The van der Waals surface area contributed by atoms with Gasteiger partial charge in [-0.05, 0) is 35.4 Å². The van der Waals surface area contributed by atoms with Gasteiger partial charge in [0, 0.05) is 27.6 Å². The van der Waals surface area contributed by atoms with Crippen LogP contribution in [-0.4, -0.2) is 0 Å². The summed E-state index contributed by atoms with van der Waals surface area (Å²) < 4.78 is 1.02. The zero-order valence-corrected chi connectivity index (χ0v) is 12.7. The van der Waals surface area contributed by atoms with Crippen molar-refractivity contribution in [3.63, 3.8) is 0 Å². The first kappa shape index (κ1) is 13.9. The van der Waals surface area contributed by atoms with Crippen LogP contribution in [0.15, 0.2) is 46.9 Å². The second-order valence-electron chi connectivity index (χ2n) is 3.97. The Labute approximate surface area is 125 Å². The largest absolute Gasteiger partial charge is 0.309 e. The van der Waals surface area contributed by atoms with E-state index in [4.69, 9.17) is 23.2 Å². The van der Waals surface area contributed by atoms with Gasteiger partial charge < -0.3 is 5.32 Å². The summed E-state index contributed by atoms with van der Waals surface area (Å²) in [6, 6.07) is 13.7. The lowest BCUT2D eigenvalue weighted by Gasteiger charge is -2.07. The van der Waals surface area contributed by atoms with E-state index in [0.29, 0.717) is 0 Å². The number of rotatable bonds is 4. The van der Waals surface area contributed by atoms with Gasteiger partial charge in [-0.1, -0.05) is 57.3 Å². The first-order valence-corrected chi connectivity index (χ1v) is 7.09. The molecule has 2 rings (SSSR count). The van der Waals surface area contributed by atoms with Gasteiger partial charge in [-0.15, -0.1) is 0 Å². The fourth-order valence-corrected chi connectivity index (χ4v) is 2.69. The molecule has 0 unspecified atom stereocenters. The predicted octanol–water partition coefficient (Wildman–Crippen LogP) is 5.05. The maximum atomic E-state index is 5.93. The maximum Gasteiger partial charge on any atom is 0.0417 e. The molecule has 0 heterocycles. The summed E-state index contributed by atoms with van der Waals surface area (Å²) >= 11 is 15.3. The molecule has 0 saturated carbocycles. The second-order valence-corrected chi connectivity index (χ2v) is 5.70. The second kappa shape index (κ2) is 6.58. The van der Waals surface area contributed by atoms with E-state index in [1.54, 1.807) is 0 Å². The molecule has 0 spiro atoms. The molecule has 0 aliphatic rings. The lowest BCUT2D eigenvalue weighted by Crippen LogP contribution is -2.12. The van der Waals surface area contributed by atoms with Crippen LogP contribution < -0.4 is 5.32 Å². The molecule has 0 amide bonds. The van der Waals surface area contributed by atoms with Crippen molar-refractivity contribution in [1.82, 2.24) is 5.32 Å². The molecule has 0 atom stereocenters. The summed E-state index contributed by atoms with van der Waals surface area (Å²) in [5.74, 6) is 0. The number of benzene rings is 2. The topological polar surface area (TPSA) is 12.0 Å². The van der Waals surface area contributed by atoms with E-state index in [2.05, 4.69) is 27.3 Å². The zero-order valence-electron chi connectivity index (χ0n) is 9.59. The highest BCUT2D eigenvalue weighted by atomic mass is 79.9. The molecule has 0 radical (unpaired) electrons. The van der Waals surface area contributed by atoms with Gasteiger partial charge in [-0.3, -0.25) is 0 Å². The molecule has 1 nitrogen and oxygen atoms in total. The van der Waals surface area contributed by atoms with Gasteiger partial charge >= 0.3 is 0 Å². The molecule has 2 aromatic rings. The Bertz CT molecular complexity index is 543. The van der Waals surface area contributed by atoms with Crippen molar-refractivity contribution in [2.75, 3.05) is 0 Å². The average molecular weight is 345 g/mol. The van der Waals surface area contributed by atoms with Crippen molar-refractivity contribution in [3.8, 4) is 0 Å². The molecule has 94 valence electrons. The number of halogens is 3. The molecule has 0 aliphatic carbocycles. The third-order valence-corrected chi connectivity index (χ3v) is 3.76. The smallest absolute Gasteiger partial charge is 0.0417 e. The van der Waals surface area contributed by atoms with Gasteiger partial charge in [0.05, 0.1) is 0 Å². The van der Waals surface area contributed by atoms with Crippen molar-refractivity contribution in [3.05, 3.63) is 68.1 Å². The molecule has 0 bridgehead atoms. The number of hydrogen-bond acceptors (Lipinski definition) is 1. The Morgan fingerprint density at radius 1 is 0.944 bits per heavy atom. The van der Waals surface area contributed by atoms with Crippen LogP contribution in [0, 0.1) is 0 Å². The van der Waals surface area contributed by atoms with Crippen LogP contribution in [0.3, 0.4) is 0 Å². The summed E-state index contributed by atoms with van der Waals surface area (Å²) in [5, 5.41) is 4.88. The van der Waals surface area contributed by atoms with E-state index in [9.17, 15) is 0 Å². The lowest BCUT2D eigenvalue weighted by atomic mass is 10.2. The molecular formula is C14H12BrCl2N. The Kier molecular flexibility index (Phi) is 5.07. The third kappa shape index (κ3) is 3.99. The molecule has 18 heavy (non-hydrogen) atoms. The summed E-state index contributed by atoms with van der Waals surface area (Å²) in [4.78, 5) is 0. The van der Waals surface area contributed by atoms with Gasteiger partial charge in [0.15, 0.2) is 0 Å². The van der Waals surface area contributed by atoms with Gasteiger partial charge in [0.2, 0.25) is 0 Å². The Morgan fingerprint density at radius 3 is 2.44 bits per heavy atom. The molecule has 0 saturated heterocycles. The normalized spacial score (nSPS) is 10.6. The van der Waals surface area contributed by atoms with Crippen molar-refractivity contribution in [1.29, 1.82) is 0 Å². The minimum atomic E-state index is 0.737. The Balaban J connectivity index is 1.92. The summed E-state index contributed by atoms with van der Waals surface area (Å²) in [5.41, 5.74) is 2.36. The maximum absolute atomic E-state index is 5.93. The fourth-order valence-electron chi connectivity index (χ4n) is 1.65. The molecule has 4 heteroatoms. The molecule has 0 aromatic heterocycles. The van der Waals surface area contributed by atoms with Crippen LogP contribution in [0.2, 0.25) is 10.0 Å². The molecular weight excluding hydrogens is 333 g/mol. The summed E-state index contributed by atoms with van der Waals surface area (Å²) in [6.07, 6.45) is 0. The van der Waals surface area contributed by atoms with Gasteiger partial charge in [-0.2, -0.15) is 0 Å². The fraction of sp³-hybridized carbons (Fsp3) is 0.143. The van der Waals surface area contributed by atoms with Crippen molar-refractivity contribution in [2.45, 2.75) is 13.1 Å². The standard InChI is InChI=1S/C14H12BrCl2N/c15-14-7-13(17)5-4-11(14)9-18-8-10-2-1-3-12(16)6-10/h1-7,18H,8-9H2. The van der Waals surface area contributed by atoms with Crippen molar-refractivity contribution in [2.24, 2.45) is 0 Å². The van der Waals surface area contributed by atoms with Crippen LogP contribution in [0.4, 0.5) is 0 Å². The molecule has 2 aromatic carbocycles. The Morgan fingerprint density at radius 2 is 1.72 bits per heavy atom. The first-order valence-electron chi connectivity index (χ1n) is 5.54. The van der Waals surface area contributed by atoms with Crippen LogP contribution in [-0.2, 0) is 13.1 Å². The summed E-state index contributed by atoms with van der Waals surface area (Å²) in [7, 11) is 0. The Hall–Kier alpha value is -0.540. The van der Waals surface area contributed by atoms with E-state index in [0.717, 1.165) is 27.6 Å². The zero-order chi connectivity index (χ0) is 13.0. The van der Waals surface area contributed by atoms with Gasteiger partial charge in [0.25, 0.3) is 0 Å². The predicted molar refractivity (Wildman–Crippen MR) is 81.1 cm³/mol. The van der Waals surface area contributed by atoms with Crippen molar-refractivity contribution >= 4 is 39.1 Å². The average Bonchev–Trinajstić information content (AvgIpc) is 2.32. The van der Waals surface area contributed by atoms with Crippen LogP contribution in [0.5, 0.6) is 0 Å². The van der Waals surface area contributed by atoms with E-state index in [-0.39, 0.29) is 0 Å². The van der Waals surface area contributed by atoms with Crippen LogP contribution >= 0.6 is 39.1 Å². The third-order valence-electron chi connectivity index (χ3n) is 2.55. The highest BCUT2D eigenvalue weighted by Gasteiger charge is 2.00. The number of nitrogens with one attached hydrogen (secondary N) is 1. The van der Waals surface area contributed by atoms with E-state index < -0.39 is 0 Å². The quantitative estimate of drug-likeness (QED) is 0.818. The highest BCUT2D eigenvalue weighted by molar-refractivity contribution is 9.10. The minimum Gasteiger partial charge on any atom is -0.309 e. The molecule has 1 N–H and O–H groups in total. The lowest BCUT2D eigenvalue weighted by molar-refractivity contribution is 0.691. The molecule has 0 aliphatic heterocycles. The molecule has 0 fully saturated rings. The highest BCUT2D eigenvalue weighted by Crippen LogP contribution is 2.21. The van der Waals surface area contributed by atoms with Crippen LogP contribution in [0.25, 0.3) is 0 Å². The van der Waals surface area contributed by atoms with Crippen LogP contribution in [0.1, 0.15) is 11.1 Å². The van der Waals surface area contributed by atoms with E-state index in [1.165, 1.54) is 11.1 Å². The number of hydrogen-bond donors (Lipinski definition) is 1. The van der Waals surface area contributed by atoms with Gasteiger partial charge in [0.1, 0.15) is 0 Å². The van der Waals surface area contributed by atoms with Crippen molar-refractivity contribution < 1.29 is 0 Å². The SMILES string of the molecule is Clc1cccc(CNCc2ccc(Cl)cc2Br)c1. The van der Waals surface area contributed by atoms with E-state index >= 15 is 0 Å². The summed E-state index contributed by atoms with van der Waals surface area (Å²) in [6.45, 7) is 1.57. The minimum absolute atomic E-state index is 0.737. The monoisotopic (exact) mass is 343 g/mol. The van der Waals surface area contributed by atoms with E-state index in [1.807, 2.05) is 36.4 Å². The van der Waals surface area contributed by atoms with Gasteiger partial charge in [-0.25, -0.2) is 0 Å².